The van der Waals surface area contributed by atoms with Crippen molar-refractivity contribution < 1.29 is 13.9 Å². The van der Waals surface area contributed by atoms with Gasteiger partial charge in [0.05, 0.1) is 6.10 Å². The fourth-order valence-electron chi connectivity index (χ4n) is 1.11. The summed E-state index contributed by atoms with van der Waals surface area (Å²) in [5.74, 6) is 0.457. The van der Waals surface area contributed by atoms with Crippen molar-refractivity contribution in [2.45, 2.75) is 12.5 Å². The van der Waals surface area contributed by atoms with E-state index in [1.165, 1.54) is 12.5 Å². The summed E-state index contributed by atoms with van der Waals surface area (Å²) in [4.78, 5) is 2.65. The topological polar surface area (TPSA) is 80.4 Å². The second kappa shape index (κ2) is 4.04. The number of azide groups is 1. The van der Waals surface area contributed by atoms with Gasteiger partial charge in [0.2, 0.25) is 0 Å². The van der Waals surface area contributed by atoms with Gasteiger partial charge in [0.1, 0.15) is 24.8 Å². The summed E-state index contributed by atoms with van der Waals surface area (Å²) in [5, 5.41) is 3.41. The van der Waals surface area contributed by atoms with Gasteiger partial charge in [-0.25, -0.2) is 0 Å². The van der Waals surface area contributed by atoms with Gasteiger partial charge in [0, 0.05) is 17.9 Å². The number of hydrogen-bond acceptors (Lipinski definition) is 4. The average molecular weight is 195 g/mol. The van der Waals surface area contributed by atoms with E-state index >= 15 is 0 Å². The Morgan fingerprint density at radius 2 is 2.50 bits per heavy atom. The Morgan fingerprint density at radius 3 is 3.14 bits per heavy atom. The number of nitrogens with zero attached hydrogens (tertiary/aromatic N) is 3. The molecule has 6 nitrogen and oxygen atoms in total. The first-order valence-electron chi connectivity index (χ1n) is 4.26. The molecule has 1 fully saturated rings. The zero-order valence-electron chi connectivity index (χ0n) is 7.42. The molecular formula is C8H9N3O3. The lowest BCUT2D eigenvalue weighted by Crippen LogP contribution is -2.32. The molecule has 0 spiro atoms. The Hall–Kier alpha value is -1.65. The molecule has 1 aliphatic heterocycles. The number of hydrogen-bond donors (Lipinski definition) is 0. The summed E-state index contributed by atoms with van der Waals surface area (Å²) in [5.41, 5.74) is 8.60. The SMILES string of the molecule is [N-]=[N+]=Nc1cocc1OCC1CCO1. The van der Waals surface area contributed by atoms with E-state index in [0.717, 1.165) is 13.0 Å². The van der Waals surface area contributed by atoms with Crippen molar-refractivity contribution in [1.82, 2.24) is 0 Å². The molecule has 0 amide bonds. The largest absolute Gasteiger partial charge is 0.487 e. The van der Waals surface area contributed by atoms with Crippen LogP contribution in [0, 0.1) is 0 Å². The van der Waals surface area contributed by atoms with E-state index in [1.54, 1.807) is 0 Å². The molecule has 1 unspecified atom stereocenters. The summed E-state index contributed by atoms with van der Waals surface area (Å²) in [6.07, 6.45) is 3.91. The Bertz CT molecular complexity index is 352. The molecule has 1 aromatic rings. The first kappa shape index (κ1) is 8.93. The van der Waals surface area contributed by atoms with Gasteiger partial charge >= 0.3 is 0 Å². The van der Waals surface area contributed by atoms with Crippen LogP contribution < -0.4 is 4.74 Å². The third-order valence-electron chi connectivity index (χ3n) is 1.98. The highest BCUT2D eigenvalue weighted by atomic mass is 16.5. The van der Waals surface area contributed by atoms with Gasteiger partial charge in [-0.3, -0.25) is 0 Å². The molecule has 1 saturated heterocycles. The predicted octanol–water partition coefficient (Wildman–Crippen LogP) is 2.39. The van der Waals surface area contributed by atoms with E-state index in [-0.39, 0.29) is 6.10 Å². The lowest BCUT2D eigenvalue weighted by molar-refractivity contribution is -0.0720. The minimum absolute atomic E-state index is 0.156. The molecule has 1 aliphatic rings. The molecule has 1 atom stereocenters. The second-order valence-electron chi connectivity index (χ2n) is 2.90. The van der Waals surface area contributed by atoms with Crippen LogP contribution in [0.1, 0.15) is 6.42 Å². The fraction of sp³-hybridized carbons (Fsp3) is 0.500. The third kappa shape index (κ3) is 1.81. The van der Waals surface area contributed by atoms with Gasteiger partial charge in [-0.05, 0) is 5.53 Å². The number of furan rings is 1. The Morgan fingerprint density at radius 1 is 1.64 bits per heavy atom. The lowest BCUT2D eigenvalue weighted by Gasteiger charge is -2.25. The maximum Gasteiger partial charge on any atom is 0.167 e. The number of rotatable bonds is 4. The van der Waals surface area contributed by atoms with Crippen LogP contribution in [0.15, 0.2) is 22.1 Å². The second-order valence-corrected chi connectivity index (χ2v) is 2.90. The summed E-state index contributed by atoms with van der Waals surface area (Å²) in [7, 11) is 0. The molecule has 0 radical (unpaired) electrons. The first-order chi connectivity index (χ1) is 6.90. The number of ether oxygens (including phenoxy) is 2. The Balaban J connectivity index is 1.93. The lowest BCUT2D eigenvalue weighted by atomic mass is 10.2. The molecule has 0 bridgehead atoms. The van der Waals surface area contributed by atoms with Crippen LogP contribution >= 0.6 is 0 Å². The van der Waals surface area contributed by atoms with Crippen molar-refractivity contribution in [1.29, 1.82) is 0 Å². The molecule has 0 aliphatic carbocycles. The smallest absolute Gasteiger partial charge is 0.167 e. The van der Waals surface area contributed by atoms with Crippen molar-refractivity contribution in [2.75, 3.05) is 13.2 Å². The van der Waals surface area contributed by atoms with Gasteiger partial charge in [0.15, 0.2) is 5.75 Å². The molecule has 2 rings (SSSR count). The highest BCUT2D eigenvalue weighted by Crippen LogP contribution is 2.29. The zero-order valence-corrected chi connectivity index (χ0v) is 7.42. The molecule has 1 aromatic heterocycles. The predicted molar refractivity (Wildman–Crippen MR) is 47.4 cm³/mol. The summed E-state index contributed by atoms with van der Waals surface area (Å²) < 4.78 is 15.4. The minimum atomic E-state index is 0.156. The summed E-state index contributed by atoms with van der Waals surface area (Å²) in [6, 6.07) is 0. The van der Waals surface area contributed by atoms with Crippen molar-refractivity contribution in [3.8, 4) is 5.75 Å². The monoisotopic (exact) mass is 195 g/mol. The van der Waals surface area contributed by atoms with Crippen LogP contribution in [-0.2, 0) is 4.74 Å². The van der Waals surface area contributed by atoms with E-state index in [4.69, 9.17) is 19.4 Å². The van der Waals surface area contributed by atoms with E-state index in [2.05, 4.69) is 10.0 Å². The van der Waals surface area contributed by atoms with Gasteiger partial charge in [-0.15, -0.1) is 0 Å². The quantitative estimate of drug-likeness (QED) is 0.420. The van der Waals surface area contributed by atoms with Gasteiger partial charge < -0.3 is 13.9 Å². The normalized spacial score (nSPS) is 19.6. The van der Waals surface area contributed by atoms with Crippen LogP contribution in [0.4, 0.5) is 5.69 Å². The Kier molecular flexibility index (Phi) is 2.58. The van der Waals surface area contributed by atoms with Crippen LogP contribution in [0.5, 0.6) is 5.75 Å². The molecule has 74 valence electrons. The average Bonchev–Trinajstić information content (AvgIpc) is 2.51. The molecule has 2 heterocycles. The van der Waals surface area contributed by atoms with Gasteiger partial charge in [-0.2, -0.15) is 0 Å². The van der Waals surface area contributed by atoms with Crippen LogP contribution in [0.3, 0.4) is 0 Å². The van der Waals surface area contributed by atoms with Gasteiger partial charge in [0.25, 0.3) is 0 Å². The Labute approximate surface area is 80.0 Å². The molecule has 6 heteroatoms. The van der Waals surface area contributed by atoms with Gasteiger partial charge in [-0.1, -0.05) is 5.11 Å². The van der Waals surface area contributed by atoms with Crippen molar-refractivity contribution in [2.24, 2.45) is 5.11 Å². The van der Waals surface area contributed by atoms with E-state index in [0.29, 0.717) is 18.0 Å². The molecule has 0 N–H and O–H groups in total. The first-order valence-corrected chi connectivity index (χ1v) is 4.26. The summed E-state index contributed by atoms with van der Waals surface area (Å²) >= 11 is 0. The van der Waals surface area contributed by atoms with Crippen molar-refractivity contribution in [3.05, 3.63) is 23.0 Å². The van der Waals surface area contributed by atoms with E-state index in [9.17, 15) is 0 Å². The third-order valence-corrected chi connectivity index (χ3v) is 1.98. The fourth-order valence-corrected chi connectivity index (χ4v) is 1.11. The maximum absolute atomic E-state index is 8.23. The summed E-state index contributed by atoms with van der Waals surface area (Å²) in [6.45, 7) is 1.26. The molecule has 0 aromatic carbocycles. The molecule has 0 saturated carbocycles. The minimum Gasteiger partial charge on any atom is -0.487 e. The van der Waals surface area contributed by atoms with Crippen molar-refractivity contribution >= 4 is 5.69 Å². The highest BCUT2D eigenvalue weighted by molar-refractivity contribution is 5.47. The van der Waals surface area contributed by atoms with Crippen LogP contribution in [0.25, 0.3) is 10.4 Å². The standard InChI is InChI=1S/C8H9N3O3/c9-11-10-7-4-12-5-8(7)14-3-6-1-2-13-6/h4-6H,1-3H2. The van der Waals surface area contributed by atoms with E-state index < -0.39 is 0 Å². The maximum atomic E-state index is 8.23. The van der Waals surface area contributed by atoms with Crippen LogP contribution in [0.2, 0.25) is 0 Å². The molecular weight excluding hydrogens is 186 g/mol. The van der Waals surface area contributed by atoms with Crippen molar-refractivity contribution in [3.63, 3.8) is 0 Å². The van der Waals surface area contributed by atoms with E-state index in [1.807, 2.05) is 0 Å². The van der Waals surface area contributed by atoms with Crippen LogP contribution in [-0.4, -0.2) is 19.3 Å². The highest BCUT2D eigenvalue weighted by Gasteiger charge is 2.19. The molecule has 14 heavy (non-hydrogen) atoms. The zero-order chi connectivity index (χ0) is 9.80.